The van der Waals surface area contributed by atoms with Gasteiger partial charge in [-0.05, 0) is 57.6 Å². The molecule has 0 amide bonds. The summed E-state index contributed by atoms with van der Waals surface area (Å²) in [5, 5.41) is 0. The molecule has 49 heavy (non-hydrogen) atoms. The summed E-state index contributed by atoms with van der Waals surface area (Å²) in [5.74, 6) is 0.108. The predicted octanol–water partition coefficient (Wildman–Crippen LogP) is 9.66. The topological polar surface area (TPSA) is 134 Å². The largest absolute Gasteiger partial charge is 0.524 e. The van der Waals surface area contributed by atoms with Crippen molar-refractivity contribution in [2.75, 3.05) is 0 Å². The molecule has 0 heterocycles. The van der Waals surface area contributed by atoms with E-state index in [0.717, 1.165) is 11.1 Å². The Morgan fingerprint density at radius 2 is 0.612 bits per heavy atom. The summed E-state index contributed by atoms with van der Waals surface area (Å²) >= 11 is 0. The van der Waals surface area contributed by atoms with Gasteiger partial charge < -0.3 is 9.05 Å². The van der Waals surface area contributed by atoms with Gasteiger partial charge in [-0.2, -0.15) is 0 Å². The van der Waals surface area contributed by atoms with E-state index >= 15 is 0 Å². The van der Waals surface area contributed by atoms with Crippen molar-refractivity contribution >= 4 is 15.6 Å². The molecule has 0 aliphatic heterocycles. The maximum absolute atomic E-state index is 10.8. The Bertz CT molecular complexity index is 1720. The van der Waals surface area contributed by atoms with Crippen LogP contribution < -0.4 is 9.05 Å². The first-order valence-corrected chi connectivity index (χ1v) is 18.3. The zero-order chi connectivity index (χ0) is 35.3. The minimum Gasteiger partial charge on any atom is -0.404 e. The van der Waals surface area contributed by atoms with E-state index in [0.29, 0.717) is 0 Å². The average Bonchev–Trinajstić information content (AvgIpc) is 3.09. The number of phosphoric acid groups is 2. The molecular weight excluding hydrogens is 658 g/mol. The molecule has 4 N–H and O–H groups in total. The third-order valence-corrected chi connectivity index (χ3v) is 8.26. The Balaban J connectivity index is 0.000000186. The fourth-order valence-electron chi connectivity index (χ4n) is 4.83. The first-order chi connectivity index (χ1) is 23.3. The van der Waals surface area contributed by atoms with Crippen molar-refractivity contribution in [1.29, 1.82) is 0 Å². The van der Waals surface area contributed by atoms with Crippen molar-refractivity contribution in [2.24, 2.45) is 0 Å². The molecule has 252 valence electrons. The van der Waals surface area contributed by atoms with Crippen molar-refractivity contribution in [3.63, 3.8) is 0 Å². The molecule has 6 aromatic rings. The first kappa shape index (κ1) is 37.0. The minimum absolute atomic E-state index is 0.0540. The molecule has 0 aromatic heterocycles. The molecule has 8 nitrogen and oxygen atoms in total. The summed E-state index contributed by atoms with van der Waals surface area (Å²) in [5.41, 5.74) is 6.34. The lowest BCUT2D eigenvalue weighted by atomic mass is 9.78. The molecular formula is C39H38O8P2. The summed E-state index contributed by atoms with van der Waals surface area (Å²) in [6.07, 6.45) is 0. The van der Waals surface area contributed by atoms with Gasteiger partial charge in [0.15, 0.2) is 0 Å². The van der Waals surface area contributed by atoms with Crippen LogP contribution in [0.1, 0.15) is 25.0 Å². The van der Waals surface area contributed by atoms with E-state index in [1.54, 1.807) is 24.3 Å². The van der Waals surface area contributed by atoms with Gasteiger partial charge in [-0.3, -0.25) is 19.6 Å². The van der Waals surface area contributed by atoms with Gasteiger partial charge in [0.1, 0.15) is 11.5 Å². The molecule has 10 heteroatoms. The van der Waals surface area contributed by atoms with E-state index < -0.39 is 21.1 Å². The Hall–Kier alpha value is -4.78. The first-order valence-electron chi connectivity index (χ1n) is 15.2. The maximum atomic E-state index is 10.8. The van der Waals surface area contributed by atoms with E-state index in [-0.39, 0.29) is 11.5 Å². The molecule has 0 spiro atoms. The smallest absolute Gasteiger partial charge is 0.404 e. The van der Waals surface area contributed by atoms with Gasteiger partial charge in [0, 0.05) is 5.41 Å². The molecule has 0 aliphatic carbocycles. The van der Waals surface area contributed by atoms with Crippen LogP contribution in [0.3, 0.4) is 0 Å². The molecule has 0 bridgehead atoms. The molecule has 0 atom stereocenters. The van der Waals surface area contributed by atoms with Gasteiger partial charge in [-0.15, -0.1) is 0 Å². The lowest BCUT2D eigenvalue weighted by Crippen LogP contribution is -2.18. The summed E-state index contributed by atoms with van der Waals surface area (Å²) in [7, 11) is -9.20. The molecule has 0 aliphatic rings. The van der Waals surface area contributed by atoms with Crippen molar-refractivity contribution in [2.45, 2.75) is 19.3 Å². The molecule has 0 saturated heterocycles. The second-order valence-corrected chi connectivity index (χ2v) is 13.6. The number of phosphoric ester groups is 2. The van der Waals surface area contributed by atoms with Crippen LogP contribution in [0.4, 0.5) is 0 Å². The second kappa shape index (κ2) is 17.0. The maximum Gasteiger partial charge on any atom is 0.524 e. The predicted molar refractivity (Wildman–Crippen MR) is 194 cm³/mol. The van der Waals surface area contributed by atoms with Crippen LogP contribution in [-0.4, -0.2) is 19.6 Å². The van der Waals surface area contributed by atoms with Gasteiger partial charge >= 0.3 is 15.6 Å². The standard InChI is InChI=1S/C15H18O8P2.2C12H10/c1-15(2,11-3-7-13(8-4-11)22-24(16,17)18)12-5-9-14(10-6-12)23-25(19,20)21;2*1-3-7-11(8-4-1)12-9-5-2-6-10-12/h3-10H,1-2H3,(H2,16,17,18)(H2,19,20,21);2*1-10H. The lowest BCUT2D eigenvalue weighted by Gasteiger charge is -2.26. The van der Waals surface area contributed by atoms with Crippen LogP contribution in [0.25, 0.3) is 22.3 Å². The summed E-state index contributed by atoms with van der Waals surface area (Å²) < 4.78 is 30.7. The number of hydrogen-bond acceptors (Lipinski definition) is 4. The monoisotopic (exact) mass is 696 g/mol. The van der Waals surface area contributed by atoms with Gasteiger partial charge in [0.2, 0.25) is 0 Å². The van der Waals surface area contributed by atoms with Gasteiger partial charge in [0.25, 0.3) is 0 Å². The number of benzene rings is 6. The normalized spacial score (nSPS) is 11.2. The summed E-state index contributed by atoms with van der Waals surface area (Å²) in [6.45, 7) is 3.87. The highest BCUT2D eigenvalue weighted by Gasteiger charge is 2.24. The highest BCUT2D eigenvalue weighted by Crippen LogP contribution is 2.40. The second-order valence-electron chi connectivity index (χ2n) is 11.3. The van der Waals surface area contributed by atoms with Crippen molar-refractivity contribution < 1.29 is 37.8 Å². The number of rotatable bonds is 8. The molecule has 0 fully saturated rings. The third kappa shape index (κ3) is 12.3. The lowest BCUT2D eigenvalue weighted by molar-refractivity contribution is 0.281. The van der Waals surface area contributed by atoms with Gasteiger partial charge in [-0.1, -0.05) is 159 Å². The van der Waals surface area contributed by atoms with Crippen molar-refractivity contribution in [1.82, 2.24) is 0 Å². The quantitative estimate of drug-likeness (QED) is 0.116. The average molecular weight is 697 g/mol. The zero-order valence-electron chi connectivity index (χ0n) is 27.0. The van der Waals surface area contributed by atoms with Crippen LogP contribution in [0.2, 0.25) is 0 Å². The van der Waals surface area contributed by atoms with Crippen LogP contribution in [0, 0.1) is 0 Å². The van der Waals surface area contributed by atoms with Gasteiger partial charge in [-0.25, -0.2) is 9.13 Å². The van der Waals surface area contributed by atoms with Gasteiger partial charge in [0.05, 0.1) is 0 Å². The highest BCUT2D eigenvalue weighted by molar-refractivity contribution is 7.47. The molecule has 0 saturated carbocycles. The SMILES string of the molecule is CC(C)(c1ccc(OP(=O)(O)O)cc1)c1ccc(OP(=O)(O)O)cc1.c1ccc(-c2ccccc2)cc1.c1ccc(-c2ccccc2)cc1. The van der Waals surface area contributed by atoms with E-state index in [1.807, 2.05) is 38.1 Å². The molecule has 6 rings (SSSR count). The van der Waals surface area contributed by atoms with E-state index in [4.69, 9.17) is 19.6 Å². The third-order valence-electron chi connectivity index (χ3n) is 7.36. The van der Waals surface area contributed by atoms with E-state index in [1.165, 1.54) is 46.5 Å². The van der Waals surface area contributed by atoms with Crippen LogP contribution in [0.15, 0.2) is 170 Å². The summed E-state index contributed by atoms with van der Waals surface area (Å²) in [6, 6.07) is 54.1. The number of hydrogen-bond donors (Lipinski definition) is 4. The Morgan fingerprint density at radius 3 is 0.816 bits per heavy atom. The fourth-order valence-corrected chi connectivity index (χ4v) is 5.62. The van der Waals surface area contributed by atoms with Crippen LogP contribution in [-0.2, 0) is 14.5 Å². The zero-order valence-corrected chi connectivity index (χ0v) is 28.8. The summed E-state index contributed by atoms with van der Waals surface area (Å²) in [4.78, 5) is 35.2. The Labute approximate surface area is 286 Å². The molecule has 6 aromatic carbocycles. The minimum atomic E-state index is -4.60. The van der Waals surface area contributed by atoms with Crippen LogP contribution in [0.5, 0.6) is 11.5 Å². The van der Waals surface area contributed by atoms with Crippen molar-refractivity contribution in [3.8, 4) is 33.8 Å². The highest BCUT2D eigenvalue weighted by atomic mass is 31.2. The molecule has 0 radical (unpaired) electrons. The Morgan fingerprint density at radius 1 is 0.388 bits per heavy atom. The van der Waals surface area contributed by atoms with Crippen LogP contribution >= 0.6 is 15.6 Å². The van der Waals surface area contributed by atoms with E-state index in [9.17, 15) is 9.13 Å². The Kier molecular flexibility index (Phi) is 12.9. The molecule has 0 unspecified atom stereocenters. The van der Waals surface area contributed by atoms with Crippen molar-refractivity contribution in [3.05, 3.63) is 181 Å². The fraction of sp³-hybridized carbons (Fsp3) is 0.0769. The van der Waals surface area contributed by atoms with E-state index in [2.05, 4.69) is 106 Å².